The molecule has 1 aliphatic carbocycles. The van der Waals surface area contributed by atoms with Crippen LogP contribution in [0, 0.1) is 0 Å². The van der Waals surface area contributed by atoms with Crippen molar-refractivity contribution in [1.29, 1.82) is 0 Å². The fourth-order valence-electron chi connectivity index (χ4n) is 3.05. The maximum absolute atomic E-state index is 3.71. The van der Waals surface area contributed by atoms with Crippen LogP contribution in [0.2, 0.25) is 0 Å². The molecule has 106 valence electrons. The van der Waals surface area contributed by atoms with Crippen LogP contribution < -0.4 is 5.32 Å². The molecule has 3 heteroatoms. The molecule has 2 aromatic rings. The summed E-state index contributed by atoms with van der Waals surface area (Å²) in [5, 5.41) is 3.71. The van der Waals surface area contributed by atoms with Crippen LogP contribution in [0.3, 0.4) is 0 Å². The largest absolute Gasteiger partial charge is 0.309 e. The Morgan fingerprint density at radius 3 is 2.40 bits per heavy atom. The predicted octanol–water partition coefficient (Wildman–Crippen LogP) is 5.33. The molecule has 1 aromatic carbocycles. The minimum absolute atomic E-state index is 0.691. The third-order valence-electron chi connectivity index (χ3n) is 4.19. The van der Waals surface area contributed by atoms with Crippen LogP contribution in [0.4, 0.5) is 0 Å². The first-order valence-corrected chi connectivity index (χ1v) is 8.95. The molecule has 1 N–H and O–H groups in total. The quantitative estimate of drug-likeness (QED) is 0.786. The van der Waals surface area contributed by atoms with E-state index in [1.165, 1.54) is 39.9 Å². The van der Waals surface area contributed by atoms with Crippen molar-refractivity contribution in [2.75, 3.05) is 0 Å². The van der Waals surface area contributed by atoms with Gasteiger partial charge in [-0.1, -0.05) is 30.3 Å². The molecule has 20 heavy (non-hydrogen) atoms. The van der Waals surface area contributed by atoms with Crippen molar-refractivity contribution in [3.05, 3.63) is 56.7 Å². The highest BCUT2D eigenvalue weighted by Crippen LogP contribution is 2.33. The zero-order chi connectivity index (χ0) is 13.8. The Hall–Kier alpha value is -0.640. The molecular formula is C17H20BrNS. The van der Waals surface area contributed by atoms with Gasteiger partial charge in [-0.25, -0.2) is 0 Å². The van der Waals surface area contributed by atoms with E-state index in [1.807, 2.05) is 11.3 Å². The van der Waals surface area contributed by atoms with Gasteiger partial charge in [-0.05, 0) is 65.2 Å². The van der Waals surface area contributed by atoms with E-state index in [1.54, 1.807) is 0 Å². The second-order valence-electron chi connectivity index (χ2n) is 5.55. The summed E-state index contributed by atoms with van der Waals surface area (Å²) in [6, 6.07) is 16.0. The summed E-state index contributed by atoms with van der Waals surface area (Å²) in [4.78, 5) is 1.42. The average Bonchev–Trinajstić information content (AvgIpc) is 2.92. The minimum atomic E-state index is 0.691. The SMILES string of the molecule is Brc1ccc(CNC2CCC(c3ccccc3)CC2)s1. The molecule has 0 bridgehead atoms. The van der Waals surface area contributed by atoms with E-state index in [-0.39, 0.29) is 0 Å². The molecular weight excluding hydrogens is 330 g/mol. The summed E-state index contributed by atoms with van der Waals surface area (Å²) in [5.41, 5.74) is 1.52. The maximum Gasteiger partial charge on any atom is 0.0701 e. The van der Waals surface area contributed by atoms with Gasteiger partial charge < -0.3 is 5.32 Å². The van der Waals surface area contributed by atoms with Gasteiger partial charge in [0.25, 0.3) is 0 Å². The lowest BCUT2D eigenvalue weighted by Crippen LogP contribution is -2.32. The number of hydrogen-bond acceptors (Lipinski definition) is 2. The van der Waals surface area contributed by atoms with Crippen LogP contribution in [-0.4, -0.2) is 6.04 Å². The highest BCUT2D eigenvalue weighted by Gasteiger charge is 2.21. The molecule has 0 amide bonds. The predicted molar refractivity (Wildman–Crippen MR) is 90.3 cm³/mol. The van der Waals surface area contributed by atoms with Crippen molar-refractivity contribution in [3.63, 3.8) is 0 Å². The molecule has 1 heterocycles. The number of halogens is 1. The Balaban J connectivity index is 1.47. The number of rotatable bonds is 4. The van der Waals surface area contributed by atoms with Crippen LogP contribution in [0.1, 0.15) is 42.0 Å². The normalized spacial score (nSPS) is 22.9. The Morgan fingerprint density at radius 2 is 1.75 bits per heavy atom. The van der Waals surface area contributed by atoms with E-state index in [9.17, 15) is 0 Å². The highest BCUT2D eigenvalue weighted by molar-refractivity contribution is 9.11. The second kappa shape index (κ2) is 6.88. The molecule has 0 saturated heterocycles. The van der Waals surface area contributed by atoms with E-state index in [4.69, 9.17) is 0 Å². The molecule has 1 saturated carbocycles. The molecule has 1 fully saturated rings. The number of thiophene rings is 1. The van der Waals surface area contributed by atoms with Gasteiger partial charge in [-0.3, -0.25) is 0 Å². The van der Waals surface area contributed by atoms with Crippen molar-refractivity contribution in [2.45, 2.75) is 44.2 Å². The summed E-state index contributed by atoms with van der Waals surface area (Å²) in [5.74, 6) is 0.769. The first kappa shape index (κ1) is 14.3. The lowest BCUT2D eigenvalue weighted by Gasteiger charge is -2.29. The fraction of sp³-hybridized carbons (Fsp3) is 0.412. The lowest BCUT2D eigenvalue weighted by molar-refractivity contribution is 0.342. The Kier molecular flexibility index (Phi) is 4.92. The zero-order valence-corrected chi connectivity index (χ0v) is 13.9. The summed E-state index contributed by atoms with van der Waals surface area (Å²) in [6.45, 7) is 1.01. The van der Waals surface area contributed by atoms with Gasteiger partial charge in [0.1, 0.15) is 0 Å². The molecule has 0 unspecified atom stereocenters. The van der Waals surface area contributed by atoms with Crippen LogP contribution in [0.5, 0.6) is 0 Å². The number of hydrogen-bond donors (Lipinski definition) is 1. The fourth-order valence-corrected chi connectivity index (χ4v) is 4.48. The number of nitrogens with one attached hydrogen (secondary N) is 1. The van der Waals surface area contributed by atoms with E-state index in [0.29, 0.717) is 6.04 Å². The van der Waals surface area contributed by atoms with Crippen molar-refractivity contribution in [2.24, 2.45) is 0 Å². The van der Waals surface area contributed by atoms with E-state index in [0.717, 1.165) is 12.5 Å². The second-order valence-corrected chi connectivity index (χ2v) is 8.09. The van der Waals surface area contributed by atoms with Gasteiger partial charge in [-0.2, -0.15) is 0 Å². The molecule has 1 aliphatic rings. The molecule has 0 radical (unpaired) electrons. The van der Waals surface area contributed by atoms with E-state index >= 15 is 0 Å². The van der Waals surface area contributed by atoms with Crippen molar-refractivity contribution in [3.8, 4) is 0 Å². The summed E-state index contributed by atoms with van der Waals surface area (Å²) >= 11 is 5.35. The number of benzene rings is 1. The van der Waals surface area contributed by atoms with Crippen molar-refractivity contribution in [1.82, 2.24) is 5.32 Å². The topological polar surface area (TPSA) is 12.0 Å². The van der Waals surface area contributed by atoms with Gasteiger partial charge in [-0.15, -0.1) is 11.3 Å². The zero-order valence-electron chi connectivity index (χ0n) is 11.5. The minimum Gasteiger partial charge on any atom is -0.309 e. The van der Waals surface area contributed by atoms with Crippen molar-refractivity contribution < 1.29 is 0 Å². The van der Waals surface area contributed by atoms with Gasteiger partial charge in [0.05, 0.1) is 3.79 Å². The van der Waals surface area contributed by atoms with Crippen LogP contribution >= 0.6 is 27.3 Å². The van der Waals surface area contributed by atoms with Gasteiger partial charge in [0, 0.05) is 17.5 Å². The summed E-state index contributed by atoms with van der Waals surface area (Å²) in [7, 11) is 0. The Labute approximate surface area is 133 Å². The summed E-state index contributed by atoms with van der Waals surface area (Å²) < 4.78 is 1.22. The molecule has 0 aliphatic heterocycles. The molecule has 3 rings (SSSR count). The van der Waals surface area contributed by atoms with Crippen LogP contribution in [0.25, 0.3) is 0 Å². The Bertz CT molecular complexity index is 529. The molecule has 1 nitrogen and oxygen atoms in total. The van der Waals surface area contributed by atoms with Gasteiger partial charge >= 0.3 is 0 Å². The van der Waals surface area contributed by atoms with Gasteiger partial charge in [0.2, 0.25) is 0 Å². The average molecular weight is 350 g/mol. The Morgan fingerprint density at radius 1 is 1.00 bits per heavy atom. The molecule has 0 spiro atoms. The van der Waals surface area contributed by atoms with Crippen LogP contribution in [-0.2, 0) is 6.54 Å². The molecule has 0 atom stereocenters. The first-order chi connectivity index (χ1) is 9.81. The maximum atomic E-state index is 3.71. The van der Waals surface area contributed by atoms with Gasteiger partial charge in [0.15, 0.2) is 0 Å². The van der Waals surface area contributed by atoms with Crippen molar-refractivity contribution >= 4 is 27.3 Å². The van der Waals surface area contributed by atoms with E-state index in [2.05, 4.69) is 63.7 Å². The van der Waals surface area contributed by atoms with E-state index < -0.39 is 0 Å². The summed E-state index contributed by atoms with van der Waals surface area (Å²) in [6.07, 6.45) is 5.23. The standard InChI is InChI=1S/C17H20BrNS/c18-17-11-10-16(20-17)12-19-15-8-6-14(7-9-15)13-4-2-1-3-5-13/h1-5,10-11,14-15,19H,6-9,12H2. The molecule has 1 aromatic heterocycles. The first-order valence-electron chi connectivity index (χ1n) is 7.34. The highest BCUT2D eigenvalue weighted by atomic mass is 79.9. The third-order valence-corrected chi connectivity index (χ3v) is 5.82. The smallest absolute Gasteiger partial charge is 0.0701 e. The lowest BCUT2D eigenvalue weighted by atomic mass is 9.82. The van der Waals surface area contributed by atoms with Crippen LogP contribution in [0.15, 0.2) is 46.3 Å². The third kappa shape index (κ3) is 3.72. The monoisotopic (exact) mass is 349 g/mol.